The fourth-order valence-corrected chi connectivity index (χ4v) is 6.41. The Kier molecular flexibility index (Phi) is 15.6. The molecule has 3 rings (SSSR count). The minimum absolute atomic E-state index is 0.0451. The summed E-state index contributed by atoms with van der Waals surface area (Å²) in [6.45, 7) is 3.20. The first-order valence-corrected chi connectivity index (χ1v) is 15.7. The number of amides is 2. The van der Waals surface area contributed by atoms with Crippen LogP contribution in [0.25, 0.3) is 5.53 Å². The Hall–Kier alpha value is -2.63. The number of nitrogens with one attached hydrogen (secondary N) is 2. The number of nitrogens with zero attached hydrogens (tertiary/aromatic N) is 3. The van der Waals surface area contributed by atoms with Crippen LogP contribution in [-0.2, 0) is 19.0 Å². The van der Waals surface area contributed by atoms with Crippen LogP contribution in [0.3, 0.4) is 0 Å². The number of carbonyl (C=O) groups excluding carboxylic acids is 3. The van der Waals surface area contributed by atoms with Gasteiger partial charge >= 0.3 is 6.03 Å². The molecule has 2 aliphatic rings. The Morgan fingerprint density at radius 3 is 2.32 bits per heavy atom. The van der Waals surface area contributed by atoms with Crippen molar-refractivity contribution in [1.82, 2.24) is 15.6 Å². The number of Topliss-reactive ketones (excluding diaryl/α,β-unsaturated/α-hetero) is 2. The smallest absolute Gasteiger partial charge is 0.315 e. The molecule has 0 bridgehead atoms. The SMILES string of the molecule is [N-]=[N+]=Cc1ccnc(C(=O)CCCCOCCOCCOCCCCC(=O)CCCCC2SCC3NC(=O)NC32)c1. The summed E-state index contributed by atoms with van der Waals surface area (Å²) < 4.78 is 16.6. The van der Waals surface area contributed by atoms with Crippen molar-refractivity contribution in [2.75, 3.05) is 45.4 Å². The average molecular weight is 590 g/mol. The van der Waals surface area contributed by atoms with E-state index in [2.05, 4.69) is 20.4 Å². The molecule has 226 valence electrons. The molecule has 2 amide bonds. The lowest BCUT2D eigenvalue weighted by molar-refractivity contribution is -0.119. The average Bonchev–Trinajstić information content (AvgIpc) is 3.52. The molecule has 2 fully saturated rings. The summed E-state index contributed by atoms with van der Waals surface area (Å²) in [4.78, 5) is 42.8. The van der Waals surface area contributed by atoms with E-state index in [1.165, 1.54) is 12.4 Å². The van der Waals surface area contributed by atoms with Crippen LogP contribution in [0, 0.1) is 0 Å². The molecule has 2 N–H and O–H groups in total. The van der Waals surface area contributed by atoms with Gasteiger partial charge in [0.15, 0.2) is 5.78 Å². The van der Waals surface area contributed by atoms with Crippen molar-refractivity contribution < 1.29 is 33.4 Å². The highest BCUT2D eigenvalue weighted by atomic mass is 32.2. The number of urea groups is 1. The Bertz CT molecular complexity index is 1020. The number of carbonyl (C=O) groups is 3. The Balaban J connectivity index is 1.03. The van der Waals surface area contributed by atoms with Crippen LogP contribution in [0.2, 0.25) is 0 Å². The van der Waals surface area contributed by atoms with Gasteiger partial charge in [-0.2, -0.15) is 16.6 Å². The van der Waals surface area contributed by atoms with E-state index in [0.29, 0.717) is 87.6 Å². The molecule has 2 saturated heterocycles. The van der Waals surface area contributed by atoms with Gasteiger partial charge in [0.1, 0.15) is 11.5 Å². The van der Waals surface area contributed by atoms with Gasteiger partial charge in [0.25, 0.3) is 6.21 Å². The second-order valence-electron chi connectivity index (χ2n) is 10.3. The molecule has 1 aromatic rings. The maximum Gasteiger partial charge on any atom is 0.315 e. The maximum atomic E-state index is 12.2. The number of ketones is 2. The van der Waals surface area contributed by atoms with Crippen LogP contribution in [0.1, 0.15) is 80.3 Å². The quantitative estimate of drug-likeness (QED) is 0.0491. The van der Waals surface area contributed by atoms with Gasteiger partial charge in [-0.3, -0.25) is 14.6 Å². The third kappa shape index (κ3) is 12.8. The van der Waals surface area contributed by atoms with E-state index in [1.54, 1.807) is 12.1 Å². The zero-order chi connectivity index (χ0) is 29.1. The molecule has 0 saturated carbocycles. The molecule has 2 aliphatic heterocycles. The highest BCUT2D eigenvalue weighted by molar-refractivity contribution is 8.00. The molecule has 3 unspecified atom stereocenters. The predicted molar refractivity (Wildman–Crippen MR) is 156 cm³/mol. The van der Waals surface area contributed by atoms with Crippen LogP contribution >= 0.6 is 11.8 Å². The summed E-state index contributed by atoms with van der Waals surface area (Å²) in [5, 5.41) is 6.44. The van der Waals surface area contributed by atoms with Crippen molar-refractivity contribution in [3.8, 4) is 0 Å². The number of hydrogen-bond acceptors (Lipinski definition) is 8. The van der Waals surface area contributed by atoms with Crippen LogP contribution in [0.15, 0.2) is 18.3 Å². The summed E-state index contributed by atoms with van der Waals surface area (Å²) in [5.74, 6) is 1.25. The fraction of sp³-hybridized carbons (Fsp3) is 0.690. The third-order valence-corrected chi connectivity index (χ3v) is 8.60. The van der Waals surface area contributed by atoms with Crippen molar-refractivity contribution in [3.63, 3.8) is 0 Å². The maximum absolute atomic E-state index is 12.2. The molecule has 3 heterocycles. The molecule has 41 heavy (non-hydrogen) atoms. The molecule has 12 heteroatoms. The van der Waals surface area contributed by atoms with Gasteiger partial charge in [-0.05, 0) is 50.7 Å². The number of hydrogen-bond donors (Lipinski definition) is 2. The number of thioether (sulfide) groups is 1. The number of unbranched alkanes of at least 4 members (excludes halogenated alkanes) is 3. The molecule has 11 nitrogen and oxygen atoms in total. The zero-order valence-electron chi connectivity index (χ0n) is 23.8. The summed E-state index contributed by atoms with van der Waals surface area (Å²) in [7, 11) is 0. The molecular formula is C29H43N5O6S. The van der Waals surface area contributed by atoms with Gasteiger partial charge in [-0.1, -0.05) is 6.42 Å². The second-order valence-corrected chi connectivity index (χ2v) is 11.6. The minimum atomic E-state index is -0.0495. The standard InChI is InChI=1S/C29H43N5O6S/c30-32-20-22-11-12-31-24(19-22)26(36)9-4-6-14-39-16-18-40-17-15-38-13-5-3-8-23(35)7-1-2-10-27-28-25(21-41-27)33-29(37)34-28/h11-12,19-20,25,27-28H,1-10,13-18,21H2,(H2,33,34,37). The van der Waals surface area contributed by atoms with Crippen LogP contribution in [-0.4, -0.2) is 96.3 Å². The number of ether oxygens (including phenoxy) is 3. The molecule has 0 aromatic carbocycles. The first-order valence-electron chi connectivity index (χ1n) is 14.7. The normalized spacial score (nSPS) is 19.3. The molecule has 0 aliphatic carbocycles. The van der Waals surface area contributed by atoms with Crippen molar-refractivity contribution in [1.29, 1.82) is 0 Å². The number of pyridine rings is 1. The first-order chi connectivity index (χ1) is 20.1. The lowest BCUT2D eigenvalue weighted by Gasteiger charge is -2.16. The fourth-order valence-electron chi connectivity index (χ4n) is 4.87. The predicted octanol–water partition coefficient (Wildman–Crippen LogP) is 3.60. The lowest BCUT2D eigenvalue weighted by atomic mass is 10.0. The van der Waals surface area contributed by atoms with Crippen LogP contribution in [0.5, 0.6) is 0 Å². The Morgan fingerprint density at radius 2 is 1.61 bits per heavy atom. The molecular weight excluding hydrogens is 546 g/mol. The molecule has 0 radical (unpaired) electrons. The van der Waals surface area contributed by atoms with Crippen LogP contribution < -0.4 is 10.6 Å². The minimum Gasteiger partial charge on any atom is -0.379 e. The third-order valence-electron chi connectivity index (χ3n) is 7.09. The van der Waals surface area contributed by atoms with E-state index in [-0.39, 0.29) is 23.9 Å². The van der Waals surface area contributed by atoms with Gasteiger partial charge < -0.3 is 30.4 Å². The van der Waals surface area contributed by atoms with Gasteiger partial charge in [-0.15, -0.1) is 0 Å². The number of fused-ring (bicyclic) bond motifs is 1. The van der Waals surface area contributed by atoms with Gasteiger partial charge in [0.05, 0.1) is 44.1 Å². The highest BCUT2D eigenvalue weighted by Crippen LogP contribution is 2.33. The van der Waals surface area contributed by atoms with Crippen molar-refractivity contribution in [3.05, 3.63) is 35.1 Å². The van der Waals surface area contributed by atoms with Gasteiger partial charge in [0.2, 0.25) is 0 Å². The molecule has 0 spiro atoms. The summed E-state index contributed by atoms with van der Waals surface area (Å²) in [6, 6.07) is 3.72. The summed E-state index contributed by atoms with van der Waals surface area (Å²) >= 11 is 1.92. The number of rotatable bonds is 23. The van der Waals surface area contributed by atoms with Crippen molar-refractivity contribution >= 4 is 35.6 Å². The molecule has 3 atom stereocenters. The second kappa shape index (κ2) is 19.5. The number of aromatic nitrogens is 1. The van der Waals surface area contributed by atoms with Crippen molar-refractivity contribution in [2.24, 2.45) is 0 Å². The van der Waals surface area contributed by atoms with E-state index < -0.39 is 0 Å². The van der Waals surface area contributed by atoms with Gasteiger partial charge in [-0.25, -0.2) is 4.79 Å². The summed E-state index contributed by atoms with van der Waals surface area (Å²) in [5.41, 5.74) is 9.59. The largest absolute Gasteiger partial charge is 0.379 e. The summed E-state index contributed by atoms with van der Waals surface area (Å²) in [6.07, 6.45) is 10.6. The van der Waals surface area contributed by atoms with E-state index in [9.17, 15) is 14.4 Å². The molecule has 1 aromatic heterocycles. The van der Waals surface area contributed by atoms with Crippen molar-refractivity contribution in [2.45, 2.75) is 81.5 Å². The van der Waals surface area contributed by atoms with E-state index in [0.717, 1.165) is 44.3 Å². The highest BCUT2D eigenvalue weighted by Gasteiger charge is 2.42. The first kappa shape index (κ1) is 32.9. The lowest BCUT2D eigenvalue weighted by Crippen LogP contribution is -2.36. The zero-order valence-corrected chi connectivity index (χ0v) is 24.6. The van der Waals surface area contributed by atoms with Crippen LogP contribution in [0.4, 0.5) is 4.79 Å². The van der Waals surface area contributed by atoms with E-state index in [4.69, 9.17) is 19.7 Å². The topological polar surface area (TPSA) is 152 Å². The monoisotopic (exact) mass is 589 g/mol. The Morgan fingerprint density at radius 1 is 0.951 bits per heavy atom. The van der Waals surface area contributed by atoms with E-state index in [1.807, 2.05) is 11.8 Å². The Labute approximate surface area is 246 Å². The van der Waals surface area contributed by atoms with Gasteiger partial charge in [0, 0.05) is 49.7 Å². The van der Waals surface area contributed by atoms with E-state index >= 15 is 0 Å².